The number of rotatable bonds is 2. The summed E-state index contributed by atoms with van der Waals surface area (Å²) in [6.45, 7) is 3.10. The number of anilines is 1. The topological polar surface area (TPSA) is 23.6 Å². The van der Waals surface area contributed by atoms with Gasteiger partial charge in [0.05, 0.1) is 0 Å². The zero-order valence-electron chi connectivity index (χ0n) is 10.3. The van der Waals surface area contributed by atoms with Crippen molar-refractivity contribution in [2.24, 2.45) is 5.92 Å². The summed E-state index contributed by atoms with van der Waals surface area (Å²) >= 11 is 0. The van der Waals surface area contributed by atoms with Crippen molar-refractivity contribution in [3.8, 4) is 0 Å². The summed E-state index contributed by atoms with van der Waals surface area (Å²) in [6, 6.07) is 6.66. The minimum Gasteiger partial charge on any atom is -0.368 e. The molecule has 0 bridgehead atoms. The molecule has 0 aromatic heterocycles. The van der Waals surface area contributed by atoms with Crippen LogP contribution >= 0.6 is 0 Å². The molecule has 1 amide bonds. The fraction of sp³-hybridized carbons (Fsp3) is 0.500. The highest BCUT2D eigenvalue weighted by atomic mass is 19.1. The molecule has 3 nitrogen and oxygen atoms in total. The molecule has 18 heavy (non-hydrogen) atoms. The van der Waals surface area contributed by atoms with Crippen molar-refractivity contribution < 1.29 is 9.18 Å². The summed E-state index contributed by atoms with van der Waals surface area (Å²) in [7, 11) is 0. The Morgan fingerprint density at radius 1 is 1.17 bits per heavy atom. The van der Waals surface area contributed by atoms with E-state index in [1.807, 2.05) is 11.0 Å². The number of hydrogen-bond acceptors (Lipinski definition) is 2. The minimum atomic E-state index is -0.205. The maximum atomic E-state index is 13.1. The number of carbonyl (C=O) groups excluding carboxylic acids is 1. The SMILES string of the molecule is O=C(C1CC1)N1CCN(c2cccc(F)c2)CC1. The highest BCUT2D eigenvalue weighted by molar-refractivity contribution is 5.81. The van der Waals surface area contributed by atoms with E-state index < -0.39 is 0 Å². The van der Waals surface area contributed by atoms with Crippen molar-refractivity contribution in [3.05, 3.63) is 30.1 Å². The first-order chi connectivity index (χ1) is 8.74. The second-order valence-electron chi connectivity index (χ2n) is 5.07. The number of halogens is 1. The van der Waals surface area contributed by atoms with Crippen LogP contribution in [-0.2, 0) is 4.79 Å². The van der Waals surface area contributed by atoms with E-state index in [2.05, 4.69) is 4.90 Å². The molecule has 1 aliphatic carbocycles. The molecule has 1 aromatic rings. The van der Waals surface area contributed by atoms with Gasteiger partial charge in [0.15, 0.2) is 0 Å². The van der Waals surface area contributed by atoms with Gasteiger partial charge in [0.25, 0.3) is 0 Å². The molecule has 96 valence electrons. The zero-order valence-corrected chi connectivity index (χ0v) is 10.3. The van der Waals surface area contributed by atoms with Gasteiger partial charge in [-0.05, 0) is 31.0 Å². The summed E-state index contributed by atoms with van der Waals surface area (Å²) < 4.78 is 13.1. The van der Waals surface area contributed by atoms with Crippen LogP contribution in [0.4, 0.5) is 10.1 Å². The lowest BCUT2D eigenvalue weighted by atomic mass is 10.2. The Hall–Kier alpha value is -1.58. The highest BCUT2D eigenvalue weighted by Crippen LogP contribution is 2.31. The van der Waals surface area contributed by atoms with Crippen LogP contribution in [0.1, 0.15) is 12.8 Å². The van der Waals surface area contributed by atoms with Crippen LogP contribution in [0, 0.1) is 11.7 Å². The number of benzene rings is 1. The van der Waals surface area contributed by atoms with Gasteiger partial charge in [-0.3, -0.25) is 4.79 Å². The molecule has 1 saturated heterocycles. The van der Waals surface area contributed by atoms with Gasteiger partial charge < -0.3 is 9.80 Å². The van der Waals surface area contributed by atoms with Gasteiger partial charge >= 0.3 is 0 Å². The molecule has 0 radical (unpaired) electrons. The molecular weight excluding hydrogens is 231 g/mol. The second kappa shape index (κ2) is 4.59. The van der Waals surface area contributed by atoms with Crippen molar-refractivity contribution in [2.75, 3.05) is 31.1 Å². The summed E-state index contributed by atoms with van der Waals surface area (Å²) in [6.07, 6.45) is 2.12. The number of nitrogens with zero attached hydrogens (tertiary/aromatic N) is 2. The Bertz CT molecular complexity index is 451. The third kappa shape index (κ3) is 2.33. The van der Waals surface area contributed by atoms with Crippen LogP contribution in [-0.4, -0.2) is 37.0 Å². The minimum absolute atomic E-state index is 0.205. The number of hydrogen-bond donors (Lipinski definition) is 0. The van der Waals surface area contributed by atoms with Crippen molar-refractivity contribution in [1.29, 1.82) is 0 Å². The Labute approximate surface area is 106 Å². The second-order valence-corrected chi connectivity index (χ2v) is 5.07. The van der Waals surface area contributed by atoms with Crippen molar-refractivity contribution in [3.63, 3.8) is 0 Å². The first kappa shape index (κ1) is 11.5. The first-order valence-electron chi connectivity index (χ1n) is 6.53. The predicted molar refractivity (Wildman–Crippen MR) is 67.9 cm³/mol. The molecule has 3 rings (SSSR count). The molecule has 2 aliphatic rings. The zero-order chi connectivity index (χ0) is 12.5. The van der Waals surface area contributed by atoms with Crippen LogP contribution < -0.4 is 4.90 Å². The molecule has 0 N–H and O–H groups in total. The smallest absolute Gasteiger partial charge is 0.225 e. The van der Waals surface area contributed by atoms with E-state index in [0.717, 1.165) is 44.7 Å². The van der Waals surface area contributed by atoms with Gasteiger partial charge in [0.1, 0.15) is 5.82 Å². The van der Waals surface area contributed by atoms with Crippen molar-refractivity contribution in [1.82, 2.24) is 4.90 Å². The van der Waals surface area contributed by atoms with Crippen LogP contribution in [0.3, 0.4) is 0 Å². The molecule has 2 fully saturated rings. The van der Waals surface area contributed by atoms with E-state index in [0.29, 0.717) is 11.8 Å². The van der Waals surface area contributed by atoms with E-state index >= 15 is 0 Å². The van der Waals surface area contributed by atoms with Gasteiger partial charge in [-0.1, -0.05) is 6.07 Å². The van der Waals surface area contributed by atoms with Gasteiger partial charge in [0, 0.05) is 37.8 Å². The molecule has 0 spiro atoms. The number of amides is 1. The Morgan fingerprint density at radius 2 is 1.89 bits per heavy atom. The number of piperazine rings is 1. The lowest BCUT2D eigenvalue weighted by Gasteiger charge is -2.36. The predicted octanol–water partition coefficient (Wildman–Crippen LogP) is 1.88. The highest BCUT2D eigenvalue weighted by Gasteiger charge is 2.34. The maximum absolute atomic E-state index is 13.1. The van der Waals surface area contributed by atoms with E-state index in [1.54, 1.807) is 12.1 Å². The van der Waals surface area contributed by atoms with Crippen LogP contribution in [0.2, 0.25) is 0 Å². The Kier molecular flexibility index (Phi) is 2.94. The normalized spacial score (nSPS) is 20.1. The molecule has 4 heteroatoms. The molecule has 1 heterocycles. The average Bonchev–Trinajstić information content (AvgIpc) is 3.22. The Morgan fingerprint density at radius 3 is 2.50 bits per heavy atom. The van der Waals surface area contributed by atoms with Crippen LogP contribution in [0.15, 0.2) is 24.3 Å². The first-order valence-corrected chi connectivity index (χ1v) is 6.53. The number of carbonyl (C=O) groups is 1. The lowest BCUT2D eigenvalue weighted by molar-refractivity contribution is -0.132. The lowest BCUT2D eigenvalue weighted by Crippen LogP contribution is -2.49. The molecule has 0 unspecified atom stereocenters. The largest absolute Gasteiger partial charge is 0.368 e. The van der Waals surface area contributed by atoms with Crippen LogP contribution in [0.5, 0.6) is 0 Å². The summed E-state index contributed by atoms with van der Waals surface area (Å²) in [5.41, 5.74) is 0.911. The van der Waals surface area contributed by atoms with Crippen molar-refractivity contribution >= 4 is 11.6 Å². The molecular formula is C14H17FN2O. The molecule has 1 aromatic carbocycles. The molecule has 0 atom stereocenters. The standard InChI is InChI=1S/C14H17FN2O/c15-12-2-1-3-13(10-12)16-6-8-17(9-7-16)14(18)11-4-5-11/h1-3,10-11H,4-9H2. The Balaban J connectivity index is 1.61. The van der Waals surface area contributed by atoms with E-state index in [4.69, 9.17) is 0 Å². The average molecular weight is 248 g/mol. The van der Waals surface area contributed by atoms with Gasteiger partial charge in [0.2, 0.25) is 5.91 Å². The van der Waals surface area contributed by atoms with Gasteiger partial charge in [-0.15, -0.1) is 0 Å². The molecule has 1 aliphatic heterocycles. The summed E-state index contributed by atoms with van der Waals surface area (Å²) in [5, 5.41) is 0. The monoisotopic (exact) mass is 248 g/mol. The fourth-order valence-electron chi connectivity index (χ4n) is 2.45. The van der Waals surface area contributed by atoms with Gasteiger partial charge in [-0.2, -0.15) is 0 Å². The third-order valence-corrected chi connectivity index (χ3v) is 3.69. The van der Waals surface area contributed by atoms with Gasteiger partial charge in [-0.25, -0.2) is 4.39 Å². The van der Waals surface area contributed by atoms with E-state index in [1.165, 1.54) is 6.07 Å². The van der Waals surface area contributed by atoms with E-state index in [9.17, 15) is 9.18 Å². The third-order valence-electron chi connectivity index (χ3n) is 3.69. The summed E-state index contributed by atoms with van der Waals surface area (Å²) in [4.78, 5) is 16.0. The quantitative estimate of drug-likeness (QED) is 0.798. The molecule has 1 saturated carbocycles. The van der Waals surface area contributed by atoms with E-state index in [-0.39, 0.29) is 5.82 Å². The maximum Gasteiger partial charge on any atom is 0.225 e. The van der Waals surface area contributed by atoms with Crippen molar-refractivity contribution in [2.45, 2.75) is 12.8 Å². The summed E-state index contributed by atoms with van der Waals surface area (Å²) in [5.74, 6) is 0.406. The fourth-order valence-corrected chi connectivity index (χ4v) is 2.45. The van der Waals surface area contributed by atoms with Crippen LogP contribution in [0.25, 0.3) is 0 Å².